The average Bonchev–Trinajstić information content (AvgIpc) is 3.43. The molecule has 1 heterocycles. The summed E-state index contributed by atoms with van der Waals surface area (Å²) in [6, 6.07) is 14.1. The molecule has 1 N–H and O–H groups in total. The summed E-state index contributed by atoms with van der Waals surface area (Å²) < 4.78 is 10.4. The van der Waals surface area contributed by atoms with Crippen molar-refractivity contribution in [3.05, 3.63) is 59.7 Å². The first-order chi connectivity index (χ1) is 18.3. The number of nitrogens with zero attached hydrogens (tertiary/aromatic N) is 2. The fraction of sp³-hybridized carbons (Fsp3) is 0.467. The van der Waals surface area contributed by atoms with Gasteiger partial charge in [0.05, 0.1) is 13.7 Å². The maximum absolute atomic E-state index is 13.8. The zero-order chi connectivity index (χ0) is 28.5. The molecule has 1 fully saturated rings. The van der Waals surface area contributed by atoms with E-state index in [9.17, 15) is 14.4 Å². The molecule has 0 saturated carbocycles. The van der Waals surface area contributed by atoms with Gasteiger partial charge in [-0.15, -0.1) is 0 Å². The third-order valence-electron chi connectivity index (χ3n) is 6.74. The standard InChI is InChI=1S/C30H37N3O6/c1-29(2,3)25(31-28(36)38-30(4,5)6)26(34)33-17-18(16-23(33)27(35)37-7)39-32-24-21-14-10-8-12-19(21)20-13-9-11-15-22(20)24/h8-15,18,23,25H,16-17H2,1-7H3,(H,31,36)/t18-,23+,25-/m1/s1. The second-order valence-electron chi connectivity index (χ2n) is 12.0. The van der Waals surface area contributed by atoms with Crippen molar-refractivity contribution >= 4 is 23.7 Å². The number of amides is 2. The zero-order valence-electron chi connectivity index (χ0n) is 23.6. The lowest BCUT2D eigenvalue weighted by Gasteiger charge is -2.35. The van der Waals surface area contributed by atoms with Gasteiger partial charge in [0.25, 0.3) is 0 Å². The second-order valence-corrected chi connectivity index (χ2v) is 12.0. The van der Waals surface area contributed by atoms with Crippen LogP contribution in [0.15, 0.2) is 53.7 Å². The van der Waals surface area contributed by atoms with Gasteiger partial charge in [0.1, 0.15) is 29.5 Å². The molecule has 0 aromatic heterocycles. The fourth-order valence-electron chi connectivity index (χ4n) is 4.94. The lowest BCUT2D eigenvalue weighted by Crippen LogP contribution is -2.57. The van der Waals surface area contributed by atoms with E-state index in [0.717, 1.165) is 22.3 Å². The summed E-state index contributed by atoms with van der Waals surface area (Å²) >= 11 is 0. The monoisotopic (exact) mass is 535 g/mol. The van der Waals surface area contributed by atoms with Crippen LogP contribution in [0.2, 0.25) is 0 Å². The second kappa shape index (κ2) is 10.7. The van der Waals surface area contributed by atoms with Crippen molar-refractivity contribution in [1.29, 1.82) is 0 Å². The summed E-state index contributed by atoms with van der Waals surface area (Å²) in [6.07, 6.45) is -1.04. The highest BCUT2D eigenvalue weighted by atomic mass is 16.6. The molecule has 1 aliphatic carbocycles. The van der Waals surface area contributed by atoms with E-state index >= 15 is 0 Å². The molecule has 3 atom stereocenters. The fourth-order valence-corrected chi connectivity index (χ4v) is 4.94. The molecule has 1 aliphatic heterocycles. The molecule has 9 heteroatoms. The number of likely N-dealkylation sites (tertiary alicyclic amines) is 1. The van der Waals surface area contributed by atoms with Gasteiger partial charge in [-0.25, -0.2) is 9.59 Å². The van der Waals surface area contributed by atoms with Crippen molar-refractivity contribution in [1.82, 2.24) is 10.2 Å². The van der Waals surface area contributed by atoms with Crippen LogP contribution in [0.25, 0.3) is 11.1 Å². The summed E-state index contributed by atoms with van der Waals surface area (Å²) in [6.45, 7) is 10.9. The SMILES string of the molecule is COC(=O)[C@@H]1C[C@@H](ON=C2c3ccccc3-c3ccccc32)CN1C(=O)[C@@H](NC(=O)OC(C)(C)C)C(C)(C)C. The molecule has 2 aromatic carbocycles. The Labute approximate surface area is 229 Å². The van der Waals surface area contributed by atoms with Gasteiger partial charge in [-0.3, -0.25) is 4.79 Å². The summed E-state index contributed by atoms with van der Waals surface area (Å²) in [5, 5.41) is 7.23. The summed E-state index contributed by atoms with van der Waals surface area (Å²) in [7, 11) is 1.28. The Kier molecular flexibility index (Phi) is 7.73. The molecule has 2 aromatic rings. The number of fused-ring (bicyclic) bond motifs is 3. The van der Waals surface area contributed by atoms with Crippen LogP contribution in [0.4, 0.5) is 4.79 Å². The minimum absolute atomic E-state index is 0.112. The van der Waals surface area contributed by atoms with Gasteiger partial charge in [0, 0.05) is 17.5 Å². The molecule has 0 spiro atoms. The maximum Gasteiger partial charge on any atom is 0.408 e. The van der Waals surface area contributed by atoms with Crippen molar-refractivity contribution in [2.24, 2.45) is 10.6 Å². The number of methoxy groups -OCH3 is 1. The molecule has 4 rings (SSSR count). The van der Waals surface area contributed by atoms with E-state index < -0.39 is 47.2 Å². The molecule has 208 valence electrons. The van der Waals surface area contributed by atoms with E-state index in [-0.39, 0.29) is 13.0 Å². The number of carbonyl (C=O) groups is 3. The van der Waals surface area contributed by atoms with Crippen LogP contribution < -0.4 is 5.32 Å². The number of hydrogen-bond donors (Lipinski definition) is 1. The molecular formula is C30H37N3O6. The third-order valence-corrected chi connectivity index (χ3v) is 6.74. The molecular weight excluding hydrogens is 498 g/mol. The number of ether oxygens (including phenoxy) is 2. The van der Waals surface area contributed by atoms with Gasteiger partial charge in [-0.1, -0.05) is 74.5 Å². The normalized spacial score (nSPS) is 19.1. The Bertz CT molecular complexity index is 1240. The Balaban J connectivity index is 1.57. The van der Waals surface area contributed by atoms with Crippen LogP contribution in [0.3, 0.4) is 0 Å². The topological polar surface area (TPSA) is 107 Å². The number of oxime groups is 1. The lowest BCUT2D eigenvalue weighted by molar-refractivity contribution is -0.152. The smallest absolute Gasteiger partial charge is 0.408 e. The van der Waals surface area contributed by atoms with Crippen LogP contribution >= 0.6 is 0 Å². The van der Waals surface area contributed by atoms with Crippen molar-refractivity contribution in [2.75, 3.05) is 13.7 Å². The maximum atomic E-state index is 13.8. The van der Waals surface area contributed by atoms with Gasteiger partial charge in [0.2, 0.25) is 5.91 Å². The minimum atomic E-state index is -0.946. The quantitative estimate of drug-likeness (QED) is 0.380. The van der Waals surface area contributed by atoms with E-state index in [1.54, 1.807) is 20.8 Å². The Hall–Kier alpha value is -3.88. The van der Waals surface area contributed by atoms with Crippen LogP contribution in [-0.4, -0.2) is 66.0 Å². The third kappa shape index (κ3) is 6.08. The number of benzene rings is 2. The molecule has 9 nitrogen and oxygen atoms in total. The highest BCUT2D eigenvalue weighted by Crippen LogP contribution is 2.37. The van der Waals surface area contributed by atoms with Crippen molar-refractivity contribution in [3.8, 4) is 11.1 Å². The van der Waals surface area contributed by atoms with E-state index in [2.05, 4.69) is 10.5 Å². The van der Waals surface area contributed by atoms with Crippen LogP contribution in [0.1, 0.15) is 59.1 Å². The largest absolute Gasteiger partial charge is 0.467 e. The predicted molar refractivity (Wildman–Crippen MR) is 147 cm³/mol. The minimum Gasteiger partial charge on any atom is -0.467 e. The van der Waals surface area contributed by atoms with E-state index in [1.807, 2.05) is 69.3 Å². The summed E-state index contributed by atoms with van der Waals surface area (Å²) in [5.41, 5.74) is 3.39. The Morgan fingerprint density at radius 3 is 1.95 bits per heavy atom. The van der Waals surface area contributed by atoms with E-state index in [0.29, 0.717) is 5.71 Å². The molecule has 1 saturated heterocycles. The number of carbonyl (C=O) groups excluding carboxylic acids is 3. The van der Waals surface area contributed by atoms with Crippen molar-refractivity contribution in [2.45, 2.75) is 71.8 Å². The predicted octanol–water partition coefficient (Wildman–Crippen LogP) is 4.52. The van der Waals surface area contributed by atoms with Gasteiger partial charge in [0.15, 0.2) is 0 Å². The molecule has 0 unspecified atom stereocenters. The van der Waals surface area contributed by atoms with Gasteiger partial charge >= 0.3 is 12.1 Å². The van der Waals surface area contributed by atoms with Gasteiger partial charge in [-0.05, 0) is 37.3 Å². The van der Waals surface area contributed by atoms with Gasteiger partial charge < -0.3 is 24.5 Å². The van der Waals surface area contributed by atoms with Crippen LogP contribution in [-0.2, 0) is 23.9 Å². The lowest BCUT2D eigenvalue weighted by atomic mass is 9.85. The first kappa shape index (κ1) is 28.1. The van der Waals surface area contributed by atoms with Crippen LogP contribution in [0, 0.1) is 5.41 Å². The number of rotatable bonds is 5. The summed E-state index contributed by atoms with van der Waals surface area (Å²) in [5.74, 6) is -0.970. The molecule has 39 heavy (non-hydrogen) atoms. The van der Waals surface area contributed by atoms with E-state index in [4.69, 9.17) is 14.3 Å². The number of alkyl carbamates (subject to hydrolysis) is 1. The number of nitrogens with one attached hydrogen (secondary N) is 1. The van der Waals surface area contributed by atoms with Crippen molar-refractivity contribution < 1.29 is 28.7 Å². The number of hydrogen-bond acceptors (Lipinski definition) is 7. The Morgan fingerprint density at radius 1 is 0.923 bits per heavy atom. The Morgan fingerprint density at radius 2 is 1.46 bits per heavy atom. The van der Waals surface area contributed by atoms with Crippen molar-refractivity contribution in [3.63, 3.8) is 0 Å². The average molecular weight is 536 g/mol. The highest BCUT2D eigenvalue weighted by Gasteiger charge is 2.46. The van der Waals surface area contributed by atoms with Gasteiger partial charge in [-0.2, -0.15) is 0 Å². The first-order valence-corrected chi connectivity index (χ1v) is 13.1. The highest BCUT2D eigenvalue weighted by molar-refractivity contribution is 6.24. The summed E-state index contributed by atoms with van der Waals surface area (Å²) in [4.78, 5) is 46.5. The molecule has 2 aliphatic rings. The van der Waals surface area contributed by atoms with E-state index in [1.165, 1.54) is 12.0 Å². The molecule has 0 bridgehead atoms. The van der Waals surface area contributed by atoms with Crippen LogP contribution in [0.5, 0.6) is 0 Å². The first-order valence-electron chi connectivity index (χ1n) is 13.1. The molecule has 2 amide bonds. The molecule has 0 radical (unpaired) electrons. The zero-order valence-corrected chi connectivity index (χ0v) is 23.6. The number of esters is 1.